The standard InChI is InChI=1S/C13H16N4O/c1-10-7-12(14)16-17(10)9-13(18)15-8-11-5-3-2-4-6-11/h2-7H,8-9H2,1H3,(H2,14,16)(H,15,18). The molecule has 0 saturated heterocycles. The SMILES string of the molecule is Cc1cc(N)nn1CC(=O)NCc1ccccc1. The monoisotopic (exact) mass is 244 g/mol. The molecule has 0 bridgehead atoms. The molecule has 0 aliphatic rings. The number of carbonyl (C=O) groups excluding carboxylic acids is 1. The van der Waals surface area contributed by atoms with E-state index in [1.807, 2.05) is 37.3 Å². The maximum atomic E-state index is 11.7. The molecule has 0 saturated carbocycles. The van der Waals surface area contributed by atoms with Gasteiger partial charge in [0, 0.05) is 18.3 Å². The lowest BCUT2D eigenvalue weighted by Gasteiger charge is -2.06. The number of rotatable bonds is 4. The van der Waals surface area contributed by atoms with Gasteiger partial charge in [0.25, 0.3) is 0 Å². The predicted molar refractivity (Wildman–Crippen MR) is 69.7 cm³/mol. The average molecular weight is 244 g/mol. The highest BCUT2D eigenvalue weighted by Gasteiger charge is 2.06. The summed E-state index contributed by atoms with van der Waals surface area (Å²) < 4.78 is 1.59. The van der Waals surface area contributed by atoms with E-state index < -0.39 is 0 Å². The molecule has 0 aliphatic heterocycles. The Hall–Kier alpha value is -2.30. The first kappa shape index (κ1) is 12.2. The van der Waals surface area contributed by atoms with Gasteiger partial charge in [-0.2, -0.15) is 5.10 Å². The lowest BCUT2D eigenvalue weighted by molar-refractivity contribution is -0.122. The van der Waals surface area contributed by atoms with Crippen LogP contribution in [0.5, 0.6) is 0 Å². The molecule has 0 radical (unpaired) electrons. The number of nitrogens with two attached hydrogens (primary N) is 1. The van der Waals surface area contributed by atoms with Crippen molar-refractivity contribution in [3.05, 3.63) is 47.7 Å². The van der Waals surface area contributed by atoms with E-state index in [9.17, 15) is 4.79 Å². The molecule has 1 amide bonds. The molecule has 5 nitrogen and oxygen atoms in total. The van der Waals surface area contributed by atoms with E-state index in [1.165, 1.54) is 0 Å². The minimum absolute atomic E-state index is 0.0787. The molecule has 18 heavy (non-hydrogen) atoms. The van der Waals surface area contributed by atoms with Gasteiger partial charge in [-0.25, -0.2) is 0 Å². The molecule has 5 heteroatoms. The summed E-state index contributed by atoms with van der Waals surface area (Å²) in [5.41, 5.74) is 7.51. The van der Waals surface area contributed by atoms with Crippen LogP contribution in [0, 0.1) is 6.92 Å². The van der Waals surface area contributed by atoms with Gasteiger partial charge in [-0.15, -0.1) is 0 Å². The number of anilines is 1. The molecular weight excluding hydrogens is 228 g/mol. The zero-order valence-electron chi connectivity index (χ0n) is 10.3. The number of amides is 1. The van der Waals surface area contributed by atoms with E-state index in [4.69, 9.17) is 5.73 Å². The maximum Gasteiger partial charge on any atom is 0.242 e. The molecule has 94 valence electrons. The van der Waals surface area contributed by atoms with Crippen LogP contribution >= 0.6 is 0 Å². The van der Waals surface area contributed by atoms with Crippen molar-refractivity contribution in [3.8, 4) is 0 Å². The first-order valence-corrected chi connectivity index (χ1v) is 5.75. The number of hydrogen-bond donors (Lipinski definition) is 2. The summed E-state index contributed by atoms with van der Waals surface area (Å²) in [5, 5.41) is 6.88. The van der Waals surface area contributed by atoms with Crippen molar-refractivity contribution in [1.82, 2.24) is 15.1 Å². The van der Waals surface area contributed by atoms with Crippen molar-refractivity contribution < 1.29 is 4.79 Å². The third kappa shape index (κ3) is 3.10. The summed E-state index contributed by atoms with van der Waals surface area (Å²) in [6.45, 7) is 2.58. The van der Waals surface area contributed by atoms with Gasteiger partial charge in [-0.05, 0) is 12.5 Å². The number of aryl methyl sites for hydroxylation is 1. The Morgan fingerprint density at radius 2 is 2.11 bits per heavy atom. The van der Waals surface area contributed by atoms with E-state index in [2.05, 4.69) is 10.4 Å². The summed E-state index contributed by atoms with van der Waals surface area (Å²) in [6.07, 6.45) is 0. The van der Waals surface area contributed by atoms with Gasteiger partial charge in [0.05, 0.1) is 0 Å². The minimum Gasteiger partial charge on any atom is -0.382 e. The van der Waals surface area contributed by atoms with Crippen molar-refractivity contribution in [3.63, 3.8) is 0 Å². The van der Waals surface area contributed by atoms with Crippen LogP contribution < -0.4 is 11.1 Å². The van der Waals surface area contributed by atoms with Crippen LogP contribution in [0.15, 0.2) is 36.4 Å². The largest absolute Gasteiger partial charge is 0.382 e. The van der Waals surface area contributed by atoms with Gasteiger partial charge in [0.2, 0.25) is 5.91 Å². The summed E-state index contributed by atoms with van der Waals surface area (Å²) in [6, 6.07) is 11.5. The van der Waals surface area contributed by atoms with Gasteiger partial charge in [-0.3, -0.25) is 9.48 Å². The van der Waals surface area contributed by atoms with Gasteiger partial charge < -0.3 is 11.1 Å². The van der Waals surface area contributed by atoms with E-state index >= 15 is 0 Å². The fraction of sp³-hybridized carbons (Fsp3) is 0.231. The van der Waals surface area contributed by atoms with Crippen LogP contribution in [0.1, 0.15) is 11.3 Å². The number of hydrogen-bond acceptors (Lipinski definition) is 3. The van der Waals surface area contributed by atoms with Crippen LogP contribution in [-0.4, -0.2) is 15.7 Å². The third-order valence-electron chi connectivity index (χ3n) is 2.63. The first-order chi connectivity index (χ1) is 8.65. The highest BCUT2D eigenvalue weighted by molar-refractivity contribution is 5.75. The molecule has 1 aromatic heterocycles. The van der Waals surface area contributed by atoms with E-state index in [1.54, 1.807) is 10.7 Å². The number of nitrogen functional groups attached to an aromatic ring is 1. The summed E-state index contributed by atoms with van der Waals surface area (Å²) in [4.78, 5) is 11.7. The molecule has 0 atom stereocenters. The second-order valence-electron chi connectivity index (χ2n) is 4.13. The Balaban J connectivity index is 1.88. The predicted octanol–water partition coefficient (Wildman–Crippen LogP) is 1.09. The second-order valence-corrected chi connectivity index (χ2v) is 4.13. The lowest BCUT2D eigenvalue weighted by atomic mass is 10.2. The average Bonchev–Trinajstić information content (AvgIpc) is 2.67. The smallest absolute Gasteiger partial charge is 0.242 e. The topological polar surface area (TPSA) is 72.9 Å². The number of benzene rings is 1. The summed E-state index contributed by atoms with van der Waals surface area (Å²) in [7, 11) is 0. The lowest BCUT2D eigenvalue weighted by Crippen LogP contribution is -2.27. The van der Waals surface area contributed by atoms with E-state index in [0.717, 1.165) is 11.3 Å². The number of nitrogens with one attached hydrogen (secondary N) is 1. The van der Waals surface area contributed by atoms with Gasteiger partial charge in [-0.1, -0.05) is 30.3 Å². The Bertz CT molecular complexity index is 533. The van der Waals surface area contributed by atoms with Gasteiger partial charge in [0.15, 0.2) is 0 Å². The zero-order valence-corrected chi connectivity index (χ0v) is 10.3. The van der Waals surface area contributed by atoms with Crippen molar-refractivity contribution in [2.75, 3.05) is 5.73 Å². The molecule has 3 N–H and O–H groups in total. The van der Waals surface area contributed by atoms with Gasteiger partial charge in [0.1, 0.15) is 12.4 Å². The Kier molecular flexibility index (Phi) is 3.62. The third-order valence-corrected chi connectivity index (χ3v) is 2.63. The van der Waals surface area contributed by atoms with Crippen LogP contribution in [-0.2, 0) is 17.9 Å². The summed E-state index contributed by atoms with van der Waals surface area (Å²) >= 11 is 0. The van der Waals surface area contributed by atoms with Crippen LogP contribution in [0.2, 0.25) is 0 Å². The molecule has 0 fully saturated rings. The second kappa shape index (κ2) is 5.35. The summed E-state index contributed by atoms with van der Waals surface area (Å²) in [5.74, 6) is 0.355. The minimum atomic E-state index is -0.0787. The Morgan fingerprint density at radius 3 is 2.72 bits per heavy atom. The molecule has 0 spiro atoms. The fourth-order valence-corrected chi connectivity index (χ4v) is 1.68. The number of aromatic nitrogens is 2. The van der Waals surface area contributed by atoms with Gasteiger partial charge >= 0.3 is 0 Å². The zero-order chi connectivity index (χ0) is 13.0. The van der Waals surface area contributed by atoms with Crippen LogP contribution in [0.4, 0.5) is 5.82 Å². The van der Waals surface area contributed by atoms with E-state index in [-0.39, 0.29) is 12.5 Å². The normalized spacial score (nSPS) is 10.3. The first-order valence-electron chi connectivity index (χ1n) is 5.75. The van der Waals surface area contributed by atoms with E-state index in [0.29, 0.717) is 12.4 Å². The van der Waals surface area contributed by atoms with Crippen molar-refractivity contribution in [2.45, 2.75) is 20.0 Å². The number of nitrogens with zero attached hydrogens (tertiary/aromatic N) is 2. The molecule has 1 aromatic carbocycles. The molecular formula is C13H16N4O. The molecule has 0 unspecified atom stereocenters. The van der Waals surface area contributed by atoms with Crippen molar-refractivity contribution >= 4 is 11.7 Å². The molecule has 2 aromatic rings. The molecule has 1 heterocycles. The highest BCUT2D eigenvalue weighted by atomic mass is 16.2. The highest BCUT2D eigenvalue weighted by Crippen LogP contribution is 2.04. The number of carbonyl (C=O) groups is 1. The van der Waals surface area contributed by atoms with Crippen molar-refractivity contribution in [2.24, 2.45) is 0 Å². The van der Waals surface area contributed by atoms with Crippen LogP contribution in [0.3, 0.4) is 0 Å². The Labute approximate surface area is 106 Å². The van der Waals surface area contributed by atoms with Crippen LogP contribution in [0.25, 0.3) is 0 Å². The maximum absolute atomic E-state index is 11.7. The quantitative estimate of drug-likeness (QED) is 0.845. The molecule has 2 rings (SSSR count). The molecule has 0 aliphatic carbocycles. The van der Waals surface area contributed by atoms with Crippen molar-refractivity contribution in [1.29, 1.82) is 0 Å². The Morgan fingerprint density at radius 1 is 1.39 bits per heavy atom. The fourth-order valence-electron chi connectivity index (χ4n) is 1.68.